The standard InChI is InChI=1S/C12H15NO6S/c1-7-9(12(16)19-3)5-4-6-10(7)13-20(17,18)8(2)11(14)15/h4-6,8,13H,1-3H3,(H,14,15). The van der Waals surface area contributed by atoms with Crippen LogP contribution in [0.1, 0.15) is 22.8 Å². The third-order valence-corrected chi connectivity index (χ3v) is 4.44. The summed E-state index contributed by atoms with van der Waals surface area (Å²) in [6.07, 6.45) is 0. The van der Waals surface area contributed by atoms with E-state index in [0.29, 0.717) is 5.56 Å². The molecule has 1 rings (SSSR count). The number of rotatable bonds is 5. The van der Waals surface area contributed by atoms with E-state index in [4.69, 9.17) is 5.11 Å². The topological polar surface area (TPSA) is 110 Å². The molecule has 0 aromatic heterocycles. The molecule has 0 spiro atoms. The highest BCUT2D eigenvalue weighted by atomic mass is 32.2. The van der Waals surface area contributed by atoms with Crippen LogP contribution in [0.4, 0.5) is 5.69 Å². The van der Waals surface area contributed by atoms with Crippen molar-refractivity contribution in [3.8, 4) is 0 Å². The number of esters is 1. The Labute approximate surface area is 116 Å². The maximum absolute atomic E-state index is 11.8. The zero-order valence-electron chi connectivity index (χ0n) is 11.2. The Bertz CT molecular complexity index is 637. The largest absolute Gasteiger partial charge is 0.480 e. The van der Waals surface area contributed by atoms with Crippen molar-refractivity contribution < 1.29 is 27.9 Å². The first-order valence-electron chi connectivity index (χ1n) is 5.63. The van der Waals surface area contributed by atoms with Crippen molar-refractivity contribution >= 4 is 27.6 Å². The number of aliphatic carboxylic acids is 1. The Hall–Kier alpha value is -2.09. The van der Waals surface area contributed by atoms with Crippen LogP contribution >= 0.6 is 0 Å². The van der Waals surface area contributed by atoms with Gasteiger partial charge in [0.2, 0.25) is 10.0 Å². The van der Waals surface area contributed by atoms with Crippen LogP contribution in [-0.2, 0) is 19.6 Å². The summed E-state index contributed by atoms with van der Waals surface area (Å²) < 4.78 is 30.4. The molecule has 0 heterocycles. The average Bonchev–Trinajstić information content (AvgIpc) is 2.39. The van der Waals surface area contributed by atoms with E-state index in [1.165, 1.54) is 32.2 Å². The molecule has 0 aliphatic rings. The average molecular weight is 301 g/mol. The van der Waals surface area contributed by atoms with E-state index in [-0.39, 0.29) is 11.3 Å². The van der Waals surface area contributed by atoms with Crippen molar-refractivity contribution in [2.45, 2.75) is 19.1 Å². The molecule has 0 bridgehead atoms. The lowest BCUT2D eigenvalue weighted by atomic mass is 10.1. The Morgan fingerprint density at radius 2 is 1.95 bits per heavy atom. The molecule has 7 nitrogen and oxygen atoms in total. The predicted molar refractivity (Wildman–Crippen MR) is 72.2 cm³/mol. The van der Waals surface area contributed by atoms with E-state index in [1.54, 1.807) is 0 Å². The van der Waals surface area contributed by atoms with Gasteiger partial charge in [0.25, 0.3) is 0 Å². The molecule has 20 heavy (non-hydrogen) atoms. The summed E-state index contributed by atoms with van der Waals surface area (Å²) in [5.41, 5.74) is 0.706. The fourth-order valence-corrected chi connectivity index (χ4v) is 2.42. The van der Waals surface area contributed by atoms with Crippen LogP contribution in [0.25, 0.3) is 0 Å². The fourth-order valence-electron chi connectivity index (χ4n) is 1.45. The maximum atomic E-state index is 11.8. The van der Waals surface area contributed by atoms with Crippen LogP contribution < -0.4 is 4.72 Å². The Morgan fingerprint density at radius 1 is 1.35 bits per heavy atom. The number of carboxylic acid groups (broad SMARTS) is 1. The number of carboxylic acids is 1. The number of anilines is 1. The molecule has 0 aliphatic carbocycles. The van der Waals surface area contributed by atoms with Crippen LogP contribution in [-0.4, -0.2) is 37.8 Å². The highest BCUT2D eigenvalue weighted by Crippen LogP contribution is 2.21. The van der Waals surface area contributed by atoms with Gasteiger partial charge in [-0.15, -0.1) is 0 Å². The van der Waals surface area contributed by atoms with Gasteiger partial charge in [-0.2, -0.15) is 0 Å². The molecule has 0 amide bonds. The maximum Gasteiger partial charge on any atom is 0.338 e. The SMILES string of the molecule is COC(=O)c1cccc(NS(=O)(=O)C(C)C(=O)O)c1C. The molecule has 0 radical (unpaired) electrons. The summed E-state index contributed by atoms with van der Waals surface area (Å²) in [4.78, 5) is 22.2. The van der Waals surface area contributed by atoms with E-state index in [2.05, 4.69) is 9.46 Å². The molecule has 8 heteroatoms. The zero-order valence-corrected chi connectivity index (χ0v) is 12.0. The second-order valence-electron chi connectivity index (χ2n) is 4.10. The summed E-state index contributed by atoms with van der Waals surface area (Å²) in [6, 6.07) is 4.40. The number of ether oxygens (including phenoxy) is 1. The van der Waals surface area contributed by atoms with Crippen LogP contribution in [0.5, 0.6) is 0 Å². The van der Waals surface area contributed by atoms with Gasteiger partial charge in [0.15, 0.2) is 5.25 Å². The van der Waals surface area contributed by atoms with Crippen molar-refractivity contribution in [1.82, 2.24) is 0 Å². The summed E-state index contributed by atoms with van der Waals surface area (Å²) in [6.45, 7) is 2.60. The minimum atomic E-state index is -4.09. The van der Waals surface area contributed by atoms with Gasteiger partial charge < -0.3 is 9.84 Å². The molecular formula is C12H15NO6S. The number of sulfonamides is 1. The Kier molecular flexibility index (Phi) is 4.72. The second kappa shape index (κ2) is 5.91. The molecule has 0 aliphatic heterocycles. The minimum absolute atomic E-state index is 0.140. The van der Waals surface area contributed by atoms with Gasteiger partial charge in [0.1, 0.15) is 0 Å². The lowest BCUT2D eigenvalue weighted by molar-refractivity contribution is -0.136. The van der Waals surface area contributed by atoms with Gasteiger partial charge in [0.05, 0.1) is 18.4 Å². The number of hydrogen-bond donors (Lipinski definition) is 2. The monoisotopic (exact) mass is 301 g/mol. The second-order valence-corrected chi connectivity index (χ2v) is 6.10. The lowest BCUT2D eigenvalue weighted by Crippen LogP contribution is -2.32. The molecule has 1 atom stereocenters. The first kappa shape index (κ1) is 16.0. The number of hydrogen-bond acceptors (Lipinski definition) is 5. The highest BCUT2D eigenvalue weighted by molar-refractivity contribution is 7.94. The van der Waals surface area contributed by atoms with Crippen LogP contribution in [0.15, 0.2) is 18.2 Å². The van der Waals surface area contributed by atoms with Gasteiger partial charge >= 0.3 is 11.9 Å². The van der Waals surface area contributed by atoms with Gasteiger partial charge in [-0.3, -0.25) is 9.52 Å². The summed E-state index contributed by atoms with van der Waals surface area (Å²) in [5, 5.41) is 7.14. The van der Waals surface area contributed by atoms with E-state index in [9.17, 15) is 18.0 Å². The van der Waals surface area contributed by atoms with E-state index >= 15 is 0 Å². The normalized spacial score (nSPS) is 12.6. The van der Waals surface area contributed by atoms with Crippen LogP contribution in [0.3, 0.4) is 0 Å². The highest BCUT2D eigenvalue weighted by Gasteiger charge is 2.28. The van der Waals surface area contributed by atoms with Crippen molar-refractivity contribution in [1.29, 1.82) is 0 Å². The zero-order chi connectivity index (χ0) is 15.5. The third kappa shape index (κ3) is 3.27. The first-order valence-corrected chi connectivity index (χ1v) is 7.17. The Morgan fingerprint density at radius 3 is 2.45 bits per heavy atom. The number of nitrogens with one attached hydrogen (secondary N) is 1. The molecule has 0 fully saturated rings. The molecule has 0 saturated heterocycles. The molecule has 1 unspecified atom stereocenters. The van der Waals surface area contributed by atoms with Crippen molar-refractivity contribution in [2.75, 3.05) is 11.8 Å². The van der Waals surface area contributed by atoms with E-state index in [0.717, 1.165) is 6.92 Å². The summed E-state index contributed by atoms with van der Waals surface area (Å²) in [7, 11) is -2.87. The quantitative estimate of drug-likeness (QED) is 0.785. The van der Waals surface area contributed by atoms with Gasteiger partial charge in [0, 0.05) is 0 Å². The molecule has 1 aromatic rings. The molecule has 2 N–H and O–H groups in total. The number of carbonyl (C=O) groups is 2. The van der Waals surface area contributed by atoms with E-state index in [1.807, 2.05) is 0 Å². The van der Waals surface area contributed by atoms with Gasteiger partial charge in [-0.05, 0) is 31.5 Å². The number of benzene rings is 1. The molecule has 1 aromatic carbocycles. The third-order valence-electron chi connectivity index (χ3n) is 2.80. The summed E-state index contributed by atoms with van der Waals surface area (Å²) >= 11 is 0. The fraction of sp³-hybridized carbons (Fsp3) is 0.333. The number of methoxy groups -OCH3 is 1. The van der Waals surface area contributed by atoms with E-state index < -0.39 is 27.2 Å². The van der Waals surface area contributed by atoms with Gasteiger partial charge in [-0.1, -0.05) is 6.07 Å². The number of carbonyl (C=O) groups excluding carboxylic acids is 1. The molecule has 0 saturated carbocycles. The lowest BCUT2D eigenvalue weighted by Gasteiger charge is -2.14. The predicted octanol–water partition coefficient (Wildman–Crippen LogP) is 0.996. The smallest absolute Gasteiger partial charge is 0.338 e. The van der Waals surface area contributed by atoms with Crippen LogP contribution in [0.2, 0.25) is 0 Å². The molecular weight excluding hydrogens is 286 g/mol. The molecule has 110 valence electrons. The van der Waals surface area contributed by atoms with Crippen molar-refractivity contribution in [2.24, 2.45) is 0 Å². The Balaban J connectivity index is 3.17. The first-order chi connectivity index (χ1) is 9.20. The van der Waals surface area contributed by atoms with Crippen LogP contribution in [0, 0.1) is 6.92 Å². The van der Waals surface area contributed by atoms with Crippen molar-refractivity contribution in [3.63, 3.8) is 0 Å². The van der Waals surface area contributed by atoms with Crippen molar-refractivity contribution in [3.05, 3.63) is 29.3 Å². The summed E-state index contributed by atoms with van der Waals surface area (Å²) in [5.74, 6) is -2.06. The minimum Gasteiger partial charge on any atom is -0.480 e. The van der Waals surface area contributed by atoms with Gasteiger partial charge in [-0.25, -0.2) is 13.2 Å².